The van der Waals surface area contributed by atoms with Crippen LogP contribution in [0.15, 0.2) is 24.3 Å². The maximum Gasteiger partial charge on any atom is 0.259 e. The van der Waals surface area contributed by atoms with E-state index in [4.69, 9.17) is 4.98 Å². The number of hydrogen-bond acceptors (Lipinski definition) is 4. The van der Waals surface area contributed by atoms with Gasteiger partial charge in [0.15, 0.2) is 0 Å². The van der Waals surface area contributed by atoms with Crippen molar-refractivity contribution in [1.29, 1.82) is 0 Å². The number of piperazine rings is 1. The Morgan fingerprint density at radius 2 is 1.59 bits per heavy atom. The van der Waals surface area contributed by atoms with Gasteiger partial charge >= 0.3 is 0 Å². The van der Waals surface area contributed by atoms with Crippen LogP contribution in [0.5, 0.6) is 0 Å². The second-order valence-corrected chi connectivity index (χ2v) is 10.7. The number of aromatic nitrogens is 1. The average molecular weight is 565 g/mol. The monoisotopic (exact) mass is 564 g/mol. The molecule has 174 valence electrons. The van der Waals surface area contributed by atoms with Crippen molar-refractivity contribution >= 4 is 43.1 Å². The van der Waals surface area contributed by atoms with Gasteiger partial charge in [-0.3, -0.25) is 4.90 Å². The van der Waals surface area contributed by atoms with Crippen LogP contribution in [0.4, 0.5) is 11.4 Å². The van der Waals surface area contributed by atoms with E-state index in [1.54, 1.807) is 0 Å². The van der Waals surface area contributed by atoms with Crippen molar-refractivity contribution in [2.45, 2.75) is 53.0 Å². The smallest absolute Gasteiger partial charge is 0.259 e. The van der Waals surface area contributed by atoms with Crippen LogP contribution in [0.25, 0.3) is 20.4 Å². The summed E-state index contributed by atoms with van der Waals surface area (Å²) in [4.78, 5) is 12.6. The van der Waals surface area contributed by atoms with Gasteiger partial charge in [-0.05, 0) is 49.4 Å². The third-order valence-electron chi connectivity index (χ3n) is 6.60. The molecule has 0 atom stereocenters. The number of halogens is 1. The summed E-state index contributed by atoms with van der Waals surface area (Å²) < 4.78 is 2.59. The fourth-order valence-corrected chi connectivity index (χ4v) is 5.67. The molecule has 0 aliphatic carbocycles. The molecule has 1 fully saturated rings. The lowest BCUT2D eigenvalue weighted by atomic mass is 10.0. The SMILES string of the molecule is CCc1cc(N2CCN(C(C)C)CC2)cc2[s+]c3cc(N(C)C)cc(C(C)C)c3nc12.[I-]. The lowest BCUT2D eigenvalue weighted by Crippen LogP contribution is -3.00. The van der Waals surface area contributed by atoms with Crippen molar-refractivity contribution in [1.82, 2.24) is 9.88 Å². The summed E-state index contributed by atoms with van der Waals surface area (Å²) in [5, 5.41) is 0. The van der Waals surface area contributed by atoms with E-state index in [9.17, 15) is 0 Å². The van der Waals surface area contributed by atoms with Gasteiger partial charge < -0.3 is 33.8 Å². The Morgan fingerprint density at radius 3 is 2.16 bits per heavy atom. The van der Waals surface area contributed by atoms with E-state index in [0.717, 1.165) is 32.6 Å². The van der Waals surface area contributed by atoms with Gasteiger partial charge in [0.05, 0.1) is 0 Å². The molecule has 0 spiro atoms. The van der Waals surface area contributed by atoms with Gasteiger partial charge in [-0.15, -0.1) is 0 Å². The lowest BCUT2D eigenvalue weighted by Gasteiger charge is -2.38. The van der Waals surface area contributed by atoms with Crippen LogP contribution in [-0.2, 0) is 6.42 Å². The molecule has 2 heterocycles. The molecule has 0 amide bonds. The second-order valence-electron chi connectivity index (χ2n) is 9.57. The minimum absolute atomic E-state index is 0. The fourth-order valence-electron chi connectivity index (χ4n) is 4.54. The molecular formula is C26H37IN4S. The van der Waals surface area contributed by atoms with Crippen LogP contribution < -0.4 is 33.8 Å². The number of benzene rings is 2. The van der Waals surface area contributed by atoms with Crippen LogP contribution in [0.2, 0.25) is 0 Å². The number of anilines is 2. The van der Waals surface area contributed by atoms with Crippen LogP contribution in [0, 0.1) is 0 Å². The Kier molecular flexibility index (Phi) is 8.20. The molecule has 4 rings (SSSR count). The number of fused-ring (bicyclic) bond motifs is 2. The van der Waals surface area contributed by atoms with Gasteiger partial charge in [0.25, 0.3) is 9.40 Å². The highest BCUT2D eigenvalue weighted by atomic mass is 127. The van der Waals surface area contributed by atoms with E-state index in [1.807, 2.05) is 11.3 Å². The van der Waals surface area contributed by atoms with Crippen LogP contribution in [0.1, 0.15) is 51.7 Å². The van der Waals surface area contributed by atoms with Gasteiger partial charge in [-0.25, -0.2) is 4.98 Å². The summed E-state index contributed by atoms with van der Waals surface area (Å²) in [7, 11) is 4.24. The number of hydrogen-bond donors (Lipinski definition) is 0. The first-order chi connectivity index (χ1) is 14.8. The molecule has 3 aromatic rings. The minimum atomic E-state index is 0. The zero-order chi connectivity index (χ0) is 22.3. The summed E-state index contributed by atoms with van der Waals surface area (Å²) >= 11 is 1.90. The number of rotatable bonds is 5. The second kappa shape index (κ2) is 10.3. The van der Waals surface area contributed by atoms with Crippen LogP contribution in [-0.4, -0.2) is 56.2 Å². The lowest BCUT2D eigenvalue weighted by molar-refractivity contribution is -0.00000673. The quantitative estimate of drug-likeness (QED) is 0.270. The zero-order valence-corrected chi connectivity index (χ0v) is 23.5. The van der Waals surface area contributed by atoms with Crippen molar-refractivity contribution in [3.8, 4) is 0 Å². The number of aryl methyl sites for hydroxylation is 1. The number of nitrogens with zero attached hydrogens (tertiary/aromatic N) is 4. The van der Waals surface area contributed by atoms with E-state index in [2.05, 4.69) is 87.7 Å². The first-order valence-electron chi connectivity index (χ1n) is 11.7. The predicted molar refractivity (Wildman–Crippen MR) is 138 cm³/mol. The van der Waals surface area contributed by atoms with Crippen LogP contribution in [0.3, 0.4) is 0 Å². The maximum absolute atomic E-state index is 5.26. The zero-order valence-electron chi connectivity index (χ0n) is 20.6. The van der Waals surface area contributed by atoms with E-state index in [0.29, 0.717) is 12.0 Å². The Morgan fingerprint density at radius 1 is 0.938 bits per heavy atom. The highest BCUT2D eigenvalue weighted by molar-refractivity contribution is 7.24. The summed E-state index contributed by atoms with van der Waals surface area (Å²) in [5.41, 5.74) is 7.68. The Balaban J connectivity index is 0.00000289. The van der Waals surface area contributed by atoms with Gasteiger partial charge in [0, 0.05) is 69.8 Å². The molecule has 0 radical (unpaired) electrons. The molecule has 0 unspecified atom stereocenters. The first-order valence-corrected chi connectivity index (χ1v) is 12.5. The highest BCUT2D eigenvalue weighted by Gasteiger charge is 2.24. The van der Waals surface area contributed by atoms with E-state index < -0.39 is 0 Å². The molecule has 4 nitrogen and oxygen atoms in total. The molecule has 1 aliphatic rings. The first kappa shape index (κ1) is 25.4. The van der Waals surface area contributed by atoms with Crippen molar-refractivity contribution < 1.29 is 24.0 Å². The average Bonchev–Trinajstić information content (AvgIpc) is 2.75. The molecule has 2 aromatic carbocycles. The van der Waals surface area contributed by atoms with E-state index in [1.165, 1.54) is 42.9 Å². The molecule has 1 aromatic heterocycles. The third kappa shape index (κ3) is 4.97. The summed E-state index contributed by atoms with van der Waals surface area (Å²) in [5.74, 6) is 0.446. The third-order valence-corrected chi connectivity index (χ3v) is 7.66. The Hall–Kier alpha value is -1.25. The molecule has 0 N–H and O–H groups in total. The topological polar surface area (TPSA) is 22.6 Å². The molecule has 32 heavy (non-hydrogen) atoms. The highest BCUT2D eigenvalue weighted by Crippen LogP contribution is 2.37. The van der Waals surface area contributed by atoms with Crippen molar-refractivity contribution in [3.05, 3.63) is 35.4 Å². The molecule has 1 aliphatic heterocycles. The molecule has 1 saturated heterocycles. The Bertz CT molecular complexity index is 1090. The van der Waals surface area contributed by atoms with E-state index >= 15 is 0 Å². The minimum Gasteiger partial charge on any atom is -1.00 e. The van der Waals surface area contributed by atoms with Gasteiger partial charge in [0.1, 0.15) is 11.0 Å². The summed E-state index contributed by atoms with van der Waals surface area (Å²) in [6.07, 6.45) is 1.01. The largest absolute Gasteiger partial charge is 1.00 e. The van der Waals surface area contributed by atoms with Crippen molar-refractivity contribution in [2.75, 3.05) is 50.1 Å². The molecule has 0 bridgehead atoms. The van der Waals surface area contributed by atoms with Crippen LogP contribution >= 0.6 is 11.3 Å². The molecular weight excluding hydrogens is 527 g/mol. The standard InChI is InChI=1S/C26H37N4S.HI/c1-8-19-13-21(30-11-9-29(10-12-30)18(4)5)16-23-25(19)27-26-22(17(2)3)14-20(28(6)7)15-24(26)31-23;/h13-18H,8-12H2,1-7H3;1H/q+1;/p-1. The predicted octanol–water partition coefficient (Wildman–Crippen LogP) is 3.02. The Labute approximate surface area is 214 Å². The van der Waals surface area contributed by atoms with Gasteiger partial charge in [-0.1, -0.05) is 20.8 Å². The molecule has 0 saturated carbocycles. The molecule has 6 heteroatoms. The van der Waals surface area contributed by atoms with Crippen molar-refractivity contribution in [3.63, 3.8) is 0 Å². The fraction of sp³-hybridized carbons (Fsp3) is 0.538. The maximum atomic E-state index is 5.26. The summed E-state index contributed by atoms with van der Waals surface area (Å²) in [6.45, 7) is 15.9. The summed E-state index contributed by atoms with van der Waals surface area (Å²) in [6, 6.07) is 10.0. The van der Waals surface area contributed by atoms with Gasteiger partial charge in [-0.2, -0.15) is 0 Å². The van der Waals surface area contributed by atoms with Gasteiger partial charge in [0.2, 0.25) is 11.3 Å². The van der Waals surface area contributed by atoms with Crippen molar-refractivity contribution in [2.24, 2.45) is 0 Å². The normalized spacial score (nSPS) is 15.1. The van der Waals surface area contributed by atoms with E-state index in [-0.39, 0.29) is 24.0 Å².